The molecule has 0 radical (unpaired) electrons. The van der Waals surface area contributed by atoms with Crippen molar-refractivity contribution in [2.75, 3.05) is 13.2 Å². The summed E-state index contributed by atoms with van der Waals surface area (Å²) in [6, 6.07) is 3.65. The summed E-state index contributed by atoms with van der Waals surface area (Å²) >= 11 is 0. The highest BCUT2D eigenvalue weighted by Gasteiger charge is 2.10. The Bertz CT molecular complexity index is 355. The third kappa shape index (κ3) is 3.21. The maximum atomic E-state index is 12.8. The topological polar surface area (TPSA) is 78.3 Å². The zero-order valence-corrected chi connectivity index (χ0v) is 8.20. The van der Waals surface area contributed by atoms with Gasteiger partial charge in [0.1, 0.15) is 11.6 Å². The van der Waals surface area contributed by atoms with Gasteiger partial charge in [0.15, 0.2) is 0 Å². The van der Waals surface area contributed by atoms with Crippen LogP contribution in [-0.4, -0.2) is 19.1 Å². The summed E-state index contributed by atoms with van der Waals surface area (Å²) in [5.74, 6) is -0.940. The molecule has 5 heteroatoms. The first-order valence-corrected chi connectivity index (χ1v) is 4.57. The van der Waals surface area contributed by atoms with Crippen molar-refractivity contribution in [3.63, 3.8) is 0 Å². The summed E-state index contributed by atoms with van der Waals surface area (Å²) in [4.78, 5) is 11.0. The van der Waals surface area contributed by atoms with Gasteiger partial charge in [-0.15, -0.1) is 0 Å². The molecule has 0 aliphatic carbocycles. The van der Waals surface area contributed by atoms with Gasteiger partial charge in [-0.2, -0.15) is 0 Å². The second-order valence-electron chi connectivity index (χ2n) is 3.00. The molecule has 0 unspecified atom stereocenters. The quantitative estimate of drug-likeness (QED) is 0.703. The van der Waals surface area contributed by atoms with Crippen LogP contribution in [0.5, 0.6) is 5.75 Å². The Balaban J connectivity index is 2.81. The highest BCUT2D eigenvalue weighted by atomic mass is 19.1. The van der Waals surface area contributed by atoms with Crippen LogP contribution in [0.4, 0.5) is 4.39 Å². The summed E-state index contributed by atoms with van der Waals surface area (Å²) in [6.45, 7) is 0.871. The van der Waals surface area contributed by atoms with E-state index in [1.807, 2.05) is 0 Å². The molecular formula is C10H13FN2O2. The van der Waals surface area contributed by atoms with Crippen molar-refractivity contribution in [2.45, 2.75) is 6.42 Å². The fourth-order valence-corrected chi connectivity index (χ4v) is 1.09. The summed E-state index contributed by atoms with van der Waals surface area (Å²) in [5.41, 5.74) is 10.4. The Morgan fingerprint density at radius 2 is 2.20 bits per heavy atom. The van der Waals surface area contributed by atoms with Crippen molar-refractivity contribution in [3.05, 3.63) is 29.6 Å². The van der Waals surface area contributed by atoms with Crippen LogP contribution < -0.4 is 16.2 Å². The first-order valence-electron chi connectivity index (χ1n) is 4.57. The van der Waals surface area contributed by atoms with E-state index in [0.717, 1.165) is 6.07 Å². The minimum atomic E-state index is -0.711. The first kappa shape index (κ1) is 11.5. The second kappa shape index (κ2) is 5.31. The molecule has 0 atom stereocenters. The smallest absolute Gasteiger partial charge is 0.252 e. The largest absolute Gasteiger partial charge is 0.493 e. The van der Waals surface area contributed by atoms with Gasteiger partial charge in [0.05, 0.1) is 12.2 Å². The van der Waals surface area contributed by atoms with Crippen LogP contribution in [0.25, 0.3) is 0 Å². The lowest BCUT2D eigenvalue weighted by atomic mass is 10.2. The minimum absolute atomic E-state index is 0.0482. The van der Waals surface area contributed by atoms with Gasteiger partial charge in [-0.3, -0.25) is 4.79 Å². The van der Waals surface area contributed by atoms with Crippen LogP contribution in [0.15, 0.2) is 18.2 Å². The number of carbonyl (C=O) groups is 1. The number of carbonyl (C=O) groups excluding carboxylic acids is 1. The summed E-state index contributed by atoms with van der Waals surface area (Å²) in [5, 5.41) is 0. The Kier molecular flexibility index (Phi) is 4.05. The Hall–Kier alpha value is -1.62. The Morgan fingerprint density at radius 1 is 1.47 bits per heavy atom. The molecule has 4 N–H and O–H groups in total. The highest BCUT2D eigenvalue weighted by Crippen LogP contribution is 2.19. The van der Waals surface area contributed by atoms with E-state index in [9.17, 15) is 9.18 Å². The third-order valence-corrected chi connectivity index (χ3v) is 1.81. The van der Waals surface area contributed by atoms with Crippen LogP contribution in [0, 0.1) is 5.82 Å². The monoisotopic (exact) mass is 212 g/mol. The van der Waals surface area contributed by atoms with E-state index in [-0.39, 0.29) is 11.3 Å². The van der Waals surface area contributed by atoms with Gasteiger partial charge in [-0.05, 0) is 31.2 Å². The number of ether oxygens (including phenoxy) is 1. The van der Waals surface area contributed by atoms with Crippen molar-refractivity contribution in [1.29, 1.82) is 0 Å². The van der Waals surface area contributed by atoms with Gasteiger partial charge < -0.3 is 16.2 Å². The number of rotatable bonds is 5. The Morgan fingerprint density at radius 3 is 2.80 bits per heavy atom. The normalized spacial score (nSPS) is 10.0. The number of hydrogen-bond donors (Lipinski definition) is 2. The molecule has 1 aromatic rings. The SMILES string of the molecule is NCCCOc1ccc(F)cc1C(N)=O. The van der Waals surface area contributed by atoms with E-state index in [0.29, 0.717) is 19.6 Å². The average Bonchev–Trinajstić information content (AvgIpc) is 2.20. The van der Waals surface area contributed by atoms with Crippen molar-refractivity contribution < 1.29 is 13.9 Å². The molecule has 0 aromatic heterocycles. The molecule has 0 heterocycles. The van der Waals surface area contributed by atoms with E-state index in [1.165, 1.54) is 12.1 Å². The van der Waals surface area contributed by atoms with Crippen LogP contribution in [-0.2, 0) is 0 Å². The highest BCUT2D eigenvalue weighted by molar-refractivity contribution is 5.95. The number of halogens is 1. The molecule has 1 aromatic carbocycles. The number of primary amides is 1. The first-order chi connectivity index (χ1) is 7.15. The number of nitrogens with two attached hydrogens (primary N) is 2. The van der Waals surface area contributed by atoms with Gasteiger partial charge in [0.2, 0.25) is 0 Å². The van der Waals surface area contributed by atoms with Crippen molar-refractivity contribution in [1.82, 2.24) is 0 Å². The fraction of sp³-hybridized carbons (Fsp3) is 0.300. The van der Waals surface area contributed by atoms with Gasteiger partial charge >= 0.3 is 0 Å². The van der Waals surface area contributed by atoms with Crippen molar-refractivity contribution >= 4 is 5.91 Å². The molecule has 82 valence electrons. The summed E-state index contributed by atoms with van der Waals surface area (Å²) < 4.78 is 18.1. The predicted molar refractivity (Wildman–Crippen MR) is 54.1 cm³/mol. The molecule has 0 saturated heterocycles. The van der Waals surface area contributed by atoms with Crippen molar-refractivity contribution in [2.24, 2.45) is 11.5 Å². The van der Waals surface area contributed by atoms with E-state index in [1.54, 1.807) is 0 Å². The number of amides is 1. The van der Waals surface area contributed by atoms with E-state index in [2.05, 4.69) is 0 Å². The predicted octanol–water partition coefficient (Wildman–Crippen LogP) is 0.652. The lowest BCUT2D eigenvalue weighted by molar-refractivity contribution is 0.0996. The van der Waals surface area contributed by atoms with Crippen molar-refractivity contribution in [3.8, 4) is 5.75 Å². The molecule has 0 bridgehead atoms. The standard InChI is InChI=1S/C10H13FN2O2/c11-7-2-3-9(15-5-1-4-12)8(6-7)10(13)14/h2-3,6H,1,4-5,12H2,(H2,13,14). The zero-order chi connectivity index (χ0) is 11.3. The van der Waals surface area contributed by atoms with Crippen LogP contribution in [0.2, 0.25) is 0 Å². The molecule has 0 aliphatic rings. The molecule has 0 fully saturated rings. The number of benzene rings is 1. The van der Waals surface area contributed by atoms with Gasteiger partial charge in [-0.25, -0.2) is 4.39 Å². The third-order valence-electron chi connectivity index (χ3n) is 1.81. The molecule has 0 saturated carbocycles. The minimum Gasteiger partial charge on any atom is -0.493 e. The molecule has 0 aliphatic heterocycles. The second-order valence-corrected chi connectivity index (χ2v) is 3.00. The molecule has 0 spiro atoms. The van der Waals surface area contributed by atoms with Gasteiger partial charge in [-0.1, -0.05) is 0 Å². The molecule has 4 nitrogen and oxygen atoms in total. The van der Waals surface area contributed by atoms with Gasteiger partial charge in [0, 0.05) is 0 Å². The molecule has 15 heavy (non-hydrogen) atoms. The summed E-state index contributed by atoms with van der Waals surface area (Å²) in [7, 11) is 0. The van der Waals surface area contributed by atoms with E-state index >= 15 is 0 Å². The molecule has 1 rings (SSSR count). The maximum absolute atomic E-state index is 12.8. The number of hydrogen-bond acceptors (Lipinski definition) is 3. The Labute approximate surface area is 87.0 Å². The van der Waals surface area contributed by atoms with Gasteiger partial charge in [0.25, 0.3) is 5.91 Å². The zero-order valence-electron chi connectivity index (χ0n) is 8.20. The molecule has 1 amide bonds. The van der Waals surface area contributed by atoms with E-state index in [4.69, 9.17) is 16.2 Å². The summed E-state index contributed by atoms with van der Waals surface area (Å²) in [6.07, 6.45) is 0.662. The lowest BCUT2D eigenvalue weighted by Gasteiger charge is -2.08. The lowest BCUT2D eigenvalue weighted by Crippen LogP contribution is -2.14. The molecular weight excluding hydrogens is 199 g/mol. The van der Waals surface area contributed by atoms with Crippen LogP contribution in [0.1, 0.15) is 16.8 Å². The van der Waals surface area contributed by atoms with Crippen LogP contribution >= 0.6 is 0 Å². The fourth-order valence-electron chi connectivity index (χ4n) is 1.09. The van der Waals surface area contributed by atoms with Crippen LogP contribution in [0.3, 0.4) is 0 Å². The van der Waals surface area contributed by atoms with E-state index < -0.39 is 11.7 Å². The maximum Gasteiger partial charge on any atom is 0.252 e. The average molecular weight is 212 g/mol.